The Labute approximate surface area is 197 Å². The Kier molecular flexibility index (Phi) is 7.13. The van der Waals surface area contributed by atoms with Crippen LogP contribution in [0.2, 0.25) is 0 Å². The molecule has 2 aromatic carbocycles. The van der Waals surface area contributed by atoms with Crippen molar-refractivity contribution in [2.24, 2.45) is 0 Å². The summed E-state index contributed by atoms with van der Waals surface area (Å²) in [5.41, 5.74) is 0.840. The molecule has 1 atom stereocenters. The Morgan fingerprint density at radius 2 is 1.88 bits per heavy atom. The van der Waals surface area contributed by atoms with Gasteiger partial charge in [0.1, 0.15) is 0 Å². The number of amides is 1. The van der Waals surface area contributed by atoms with Gasteiger partial charge in [0.25, 0.3) is 11.4 Å². The fourth-order valence-electron chi connectivity index (χ4n) is 3.52. The molecule has 4 rings (SSSR count). The summed E-state index contributed by atoms with van der Waals surface area (Å²) in [4.78, 5) is 33.3. The number of carbonyl (C=O) groups excluding carboxylic acids is 1. The molecule has 1 saturated heterocycles. The first-order valence-electron chi connectivity index (χ1n) is 10.4. The van der Waals surface area contributed by atoms with Gasteiger partial charge in [0, 0.05) is 42.1 Å². The van der Waals surface area contributed by atoms with E-state index in [1.54, 1.807) is 18.2 Å². The second-order valence-corrected chi connectivity index (χ2v) is 8.44. The monoisotopic (exact) mass is 484 g/mol. The summed E-state index contributed by atoms with van der Waals surface area (Å²) in [5, 5.41) is 33.5. The molecule has 1 amide bonds. The largest absolute Gasteiger partial charge is 0.376 e. The number of thioether (sulfide) groups is 1. The van der Waals surface area contributed by atoms with E-state index in [9.17, 15) is 25.0 Å². The van der Waals surface area contributed by atoms with Gasteiger partial charge in [-0.1, -0.05) is 17.8 Å². The Balaban J connectivity index is 1.50. The van der Waals surface area contributed by atoms with Crippen LogP contribution in [0.25, 0.3) is 11.4 Å². The molecule has 0 aliphatic carbocycles. The molecule has 2 heterocycles. The van der Waals surface area contributed by atoms with Crippen molar-refractivity contribution in [1.29, 1.82) is 0 Å². The van der Waals surface area contributed by atoms with Gasteiger partial charge in [0.05, 0.1) is 28.2 Å². The minimum Gasteiger partial charge on any atom is -0.376 e. The van der Waals surface area contributed by atoms with Crippen LogP contribution in [0.5, 0.6) is 0 Å². The SMILES string of the molecule is O=C(CSc1nnc(-c2ccc([N+](=O)[O-])cc2)n1C[C@H]1CCCO1)Nc1cccc([N+](=O)[O-])c1. The van der Waals surface area contributed by atoms with Gasteiger partial charge in [-0.25, -0.2) is 0 Å². The maximum Gasteiger partial charge on any atom is 0.271 e. The summed E-state index contributed by atoms with van der Waals surface area (Å²) in [6.45, 7) is 1.15. The number of ether oxygens (including phenoxy) is 1. The zero-order chi connectivity index (χ0) is 24.1. The van der Waals surface area contributed by atoms with Crippen molar-refractivity contribution in [2.75, 3.05) is 17.7 Å². The second-order valence-electron chi connectivity index (χ2n) is 7.50. The molecule has 0 bridgehead atoms. The average Bonchev–Trinajstić information content (AvgIpc) is 3.48. The maximum atomic E-state index is 12.5. The topological polar surface area (TPSA) is 155 Å². The number of benzene rings is 2. The lowest BCUT2D eigenvalue weighted by atomic mass is 10.2. The van der Waals surface area contributed by atoms with Crippen LogP contribution in [0.4, 0.5) is 17.1 Å². The number of nitro groups is 2. The first-order valence-corrected chi connectivity index (χ1v) is 11.4. The zero-order valence-electron chi connectivity index (χ0n) is 17.8. The third-order valence-corrected chi connectivity index (χ3v) is 6.10. The predicted molar refractivity (Wildman–Crippen MR) is 124 cm³/mol. The lowest BCUT2D eigenvalue weighted by Gasteiger charge is -2.14. The van der Waals surface area contributed by atoms with E-state index in [-0.39, 0.29) is 29.1 Å². The van der Waals surface area contributed by atoms with Gasteiger partial charge in [-0.3, -0.25) is 29.6 Å². The number of hydrogen-bond donors (Lipinski definition) is 1. The van der Waals surface area contributed by atoms with Crippen LogP contribution >= 0.6 is 11.8 Å². The Morgan fingerprint density at radius 1 is 1.12 bits per heavy atom. The molecule has 1 fully saturated rings. The number of non-ortho nitro benzene ring substituents is 2. The minimum absolute atomic E-state index is 0.00656. The molecule has 12 nitrogen and oxygen atoms in total. The van der Waals surface area contributed by atoms with Gasteiger partial charge in [-0.15, -0.1) is 10.2 Å². The lowest BCUT2D eigenvalue weighted by molar-refractivity contribution is -0.385. The molecule has 0 radical (unpaired) electrons. The van der Waals surface area contributed by atoms with Crippen molar-refractivity contribution >= 4 is 34.7 Å². The maximum absolute atomic E-state index is 12.5. The fraction of sp³-hybridized carbons (Fsp3) is 0.286. The molecular formula is C21H20N6O6S. The average molecular weight is 484 g/mol. The molecule has 3 aromatic rings. The number of aromatic nitrogens is 3. The zero-order valence-corrected chi connectivity index (χ0v) is 18.6. The highest BCUT2D eigenvalue weighted by molar-refractivity contribution is 7.99. The van der Waals surface area contributed by atoms with Gasteiger partial charge < -0.3 is 10.1 Å². The number of rotatable bonds is 9. The number of anilines is 1. The highest BCUT2D eigenvalue weighted by atomic mass is 32.2. The number of carbonyl (C=O) groups is 1. The van der Waals surface area contributed by atoms with Crippen molar-refractivity contribution in [1.82, 2.24) is 14.8 Å². The van der Waals surface area contributed by atoms with Gasteiger partial charge in [-0.05, 0) is 31.0 Å². The van der Waals surface area contributed by atoms with Crippen molar-refractivity contribution < 1.29 is 19.4 Å². The van der Waals surface area contributed by atoms with Crippen molar-refractivity contribution in [3.63, 3.8) is 0 Å². The number of nitrogens with one attached hydrogen (secondary N) is 1. The smallest absolute Gasteiger partial charge is 0.271 e. The van der Waals surface area contributed by atoms with Gasteiger partial charge in [0.2, 0.25) is 5.91 Å². The first kappa shape index (κ1) is 23.3. The summed E-state index contributed by atoms with van der Waals surface area (Å²) in [5.74, 6) is 0.174. The third kappa shape index (κ3) is 5.55. The van der Waals surface area contributed by atoms with E-state index in [1.807, 2.05) is 4.57 Å². The van der Waals surface area contributed by atoms with E-state index in [0.29, 0.717) is 35.4 Å². The first-order chi connectivity index (χ1) is 16.4. The second kappa shape index (κ2) is 10.4. The van der Waals surface area contributed by atoms with Gasteiger partial charge in [-0.2, -0.15) is 0 Å². The van der Waals surface area contributed by atoms with E-state index in [2.05, 4.69) is 15.5 Å². The molecule has 13 heteroatoms. The molecule has 1 aliphatic heterocycles. The Hall–Kier alpha value is -3.84. The van der Waals surface area contributed by atoms with E-state index in [0.717, 1.165) is 12.8 Å². The van der Waals surface area contributed by atoms with Gasteiger partial charge >= 0.3 is 0 Å². The van der Waals surface area contributed by atoms with Crippen LogP contribution in [-0.4, -0.2) is 49.0 Å². The summed E-state index contributed by atoms with van der Waals surface area (Å²) < 4.78 is 7.60. The van der Waals surface area contributed by atoms with Crippen LogP contribution in [0.1, 0.15) is 12.8 Å². The number of nitro benzene ring substituents is 2. The molecule has 1 aromatic heterocycles. The Bertz CT molecular complexity index is 1210. The standard InChI is InChI=1S/C21H20N6O6S/c28-19(22-15-3-1-4-17(11-15)27(31)32)13-34-21-24-23-20(25(21)12-18-5-2-10-33-18)14-6-8-16(9-7-14)26(29)30/h1,3-4,6-9,11,18H,2,5,10,12-13H2,(H,22,28)/t18-/m1/s1. The predicted octanol–water partition coefficient (Wildman–Crippen LogP) is 3.67. The molecule has 0 spiro atoms. The summed E-state index contributed by atoms with van der Waals surface area (Å²) in [6, 6.07) is 11.7. The van der Waals surface area contributed by atoms with E-state index in [1.165, 1.54) is 42.1 Å². The third-order valence-electron chi connectivity index (χ3n) is 5.14. The van der Waals surface area contributed by atoms with Crippen LogP contribution < -0.4 is 5.32 Å². The van der Waals surface area contributed by atoms with Gasteiger partial charge in [0.15, 0.2) is 11.0 Å². The van der Waals surface area contributed by atoms with Crippen molar-refractivity contribution in [2.45, 2.75) is 30.6 Å². The quantitative estimate of drug-likeness (QED) is 0.272. The summed E-state index contributed by atoms with van der Waals surface area (Å²) >= 11 is 1.17. The number of hydrogen-bond acceptors (Lipinski definition) is 9. The summed E-state index contributed by atoms with van der Waals surface area (Å²) in [7, 11) is 0. The fourth-order valence-corrected chi connectivity index (χ4v) is 4.27. The van der Waals surface area contributed by atoms with Crippen molar-refractivity contribution in [3.8, 4) is 11.4 Å². The Morgan fingerprint density at radius 3 is 2.56 bits per heavy atom. The molecule has 0 saturated carbocycles. The highest BCUT2D eigenvalue weighted by Gasteiger charge is 2.23. The van der Waals surface area contributed by atoms with E-state index >= 15 is 0 Å². The van der Waals surface area contributed by atoms with Crippen LogP contribution in [0.15, 0.2) is 53.7 Å². The molecule has 1 aliphatic rings. The summed E-state index contributed by atoms with van der Waals surface area (Å²) in [6.07, 6.45) is 1.81. The molecular weight excluding hydrogens is 464 g/mol. The van der Waals surface area contributed by atoms with E-state index in [4.69, 9.17) is 4.74 Å². The van der Waals surface area contributed by atoms with Crippen molar-refractivity contribution in [3.05, 3.63) is 68.8 Å². The molecule has 34 heavy (non-hydrogen) atoms. The molecule has 1 N–H and O–H groups in total. The highest BCUT2D eigenvalue weighted by Crippen LogP contribution is 2.28. The number of nitrogens with zero attached hydrogens (tertiary/aromatic N) is 5. The molecule has 176 valence electrons. The normalized spacial score (nSPS) is 15.2. The van der Waals surface area contributed by atoms with Crippen LogP contribution in [0.3, 0.4) is 0 Å². The van der Waals surface area contributed by atoms with Crippen LogP contribution in [-0.2, 0) is 16.1 Å². The van der Waals surface area contributed by atoms with E-state index < -0.39 is 9.85 Å². The molecule has 0 unspecified atom stereocenters. The van der Waals surface area contributed by atoms with Crippen LogP contribution in [0, 0.1) is 20.2 Å². The lowest BCUT2D eigenvalue weighted by Crippen LogP contribution is -2.18. The minimum atomic E-state index is -0.530.